The van der Waals surface area contributed by atoms with Gasteiger partial charge in [-0.25, -0.2) is 0 Å². The molecule has 0 aliphatic heterocycles. The van der Waals surface area contributed by atoms with E-state index in [1.165, 1.54) is 0 Å². The van der Waals surface area contributed by atoms with Gasteiger partial charge in [0.15, 0.2) is 0 Å². The summed E-state index contributed by atoms with van der Waals surface area (Å²) in [4.78, 5) is 12.2. The topological polar surface area (TPSA) is 55.1 Å². The van der Waals surface area contributed by atoms with E-state index < -0.39 is 0 Å². The van der Waals surface area contributed by atoms with E-state index >= 15 is 0 Å². The van der Waals surface area contributed by atoms with Crippen molar-refractivity contribution in [2.75, 3.05) is 6.54 Å². The number of amides is 1. The number of hydrogen-bond acceptors (Lipinski definition) is 2. The number of halogens is 1. The fourth-order valence-corrected chi connectivity index (χ4v) is 1.59. The van der Waals surface area contributed by atoms with Crippen molar-refractivity contribution in [3.05, 3.63) is 35.4 Å². The zero-order valence-corrected chi connectivity index (χ0v) is 12.3. The Morgan fingerprint density at radius 2 is 1.94 bits per heavy atom. The number of nitrogens with one attached hydrogen (secondary N) is 1. The van der Waals surface area contributed by atoms with Crippen LogP contribution in [-0.4, -0.2) is 18.0 Å². The average molecular weight is 271 g/mol. The molecule has 102 valence electrons. The molecule has 1 atom stereocenters. The van der Waals surface area contributed by atoms with Gasteiger partial charge < -0.3 is 11.1 Å². The van der Waals surface area contributed by atoms with Crippen LogP contribution in [-0.2, 0) is 0 Å². The van der Waals surface area contributed by atoms with Crippen LogP contribution in [0, 0.1) is 12.8 Å². The van der Waals surface area contributed by atoms with Crippen molar-refractivity contribution in [2.45, 2.75) is 33.2 Å². The van der Waals surface area contributed by atoms with Gasteiger partial charge in [-0.3, -0.25) is 4.79 Å². The van der Waals surface area contributed by atoms with Crippen LogP contribution in [0.3, 0.4) is 0 Å². The van der Waals surface area contributed by atoms with Gasteiger partial charge in [-0.1, -0.05) is 32.0 Å². The van der Waals surface area contributed by atoms with Gasteiger partial charge in [-0.2, -0.15) is 0 Å². The monoisotopic (exact) mass is 270 g/mol. The van der Waals surface area contributed by atoms with E-state index in [1.807, 2.05) is 38.1 Å². The van der Waals surface area contributed by atoms with Gasteiger partial charge in [0.05, 0.1) is 5.54 Å². The van der Waals surface area contributed by atoms with Crippen molar-refractivity contribution in [1.29, 1.82) is 0 Å². The van der Waals surface area contributed by atoms with Crippen molar-refractivity contribution in [1.82, 2.24) is 5.32 Å². The predicted octanol–water partition coefficient (Wildman–Crippen LogP) is 2.52. The molecule has 1 unspecified atom stereocenters. The quantitative estimate of drug-likeness (QED) is 0.883. The molecule has 0 aliphatic rings. The highest BCUT2D eigenvalue weighted by Gasteiger charge is 2.29. The number of hydrogen-bond donors (Lipinski definition) is 2. The van der Waals surface area contributed by atoms with Gasteiger partial charge in [0.25, 0.3) is 5.91 Å². The standard InChI is InChI=1S/C14H22N2O.ClH/c1-10(2)14(4,9-15)16-13(17)12-8-6-5-7-11(12)3;/h5-8,10H,9,15H2,1-4H3,(H,16,17);1H. The van der Waals surface area contributed by atoms with E-state index in [9.17, 15) is 4.79 Å². The molecule has 0 fully saturated rings. The van der Waals surface area contributed by atoms with Crippen LogP contribution in [0.1, 0.15) is 36.7 Å². The molecule has 1 amide bonds. The normalized spacial score (nSPS) is 13.7. The Labute approximate surface area is 116 Å². The molecular formula is C14H23ClN2O. The summed E-state index contributed by atoms with van der Waals surface area (Å²) in [6.45, 7) is 8.47. The van der Waals surface area contributed by atoms with Crippen LogP contribution in [0.15, 0.2) is 24.3 Å². The van der Waals surface area contributed by atoms with Crippen molar-refractivity contribution in [3.63, 3.8) is 0 Å². The third kappa shape index (κ3) is 3.72. The minimum atomic E-state index is -0.362. The van der Waals surface area contributed by atoms with E-state index in [4.69, 9.17) is 5.73 Å². The molecule has 0 saturated heterocycles. The fourth-order valence-electron chi connectivity index (χ4n) is 1.59. The summed E-state index contributed by atoms with van der Waals surface area (Å²) in [5, 5.41) is 3.04. The largest absolute Gasteiger partial charge is 0.345 e. The van der Waals surface area contributed by atoms with Crippen molar-refractivity contribution in [3.8, 4) is 0 Å². The van der Waals surface area contributed by atoms with Crippen LogP contribution in [0.2, 0.25) is 0 Å². The molecule has 1 aromatic rings. The van der Waals surface area contributed by atoms with Crippen molar-refractivity contribution >= 4 is 18.3 Å². The number of benzene rings is 1. The summed E-state index contributed by atoms with van der Waals surface area (Å²) in [5.41, 5.74) is 7.09. The summed E-state index contributed by atoms with van der Waals surface area (Å²) in [6.07, 6.45) is 0. The first-order valence-electron chi connectivity index (χ1n) is 5.99. The van der Waals surface area contributed by atoms with Crippen LogP contribution in [0.5, 0.6) is 0 Å². The van der Waals surface area contributed by atoms with E-state index in [-0.39, 0.29) is 23.9 Å². The lowest BCUT2D eigenvalue weighted by molar-refractivity contribution is 0.0882. The Bertz CT molecular complexity index is 407. The maximum absolute atomic E-state index is 12.2. The van der Waals surface area contributed by atoms with E-state index in [0.717, 1.165) is 5.56 Å². The molecule has 0 saturated carbocycles. The number of aryl methyl sites for hydroxylation is 1. The van der Waals surface area contributed by atoms with E-state index in [2.05, 4.69) is 19.2 Å². The SMILES string of the molecule is Cc1ccccc1C(=O)NC(C)(CN)C(C)C.Cl. The number of rotatable bonds is 4. The average Bonchev–Trinajstić information content (AvgIpc) is 2.29. The lowest BCUT2D eigenvalue weighted by atomic mass is 9.88. The molecule has 0 aromatic heterocycles. The second-order valence-corrected chi connectivity index (χ2v) is 5.05. The summed E-state index contributed by atoms with van der Waals surface area (Å²) in [6, 6.07) is 7.57. The predicted molar refractivity (Wildman–Crippen MR) is 78.2 cm³/mol. The lowest BCUT2D eigenvalue weighted by Gasteiger charge is -2.33. The second-order valence-electron chi connectivity index (χ2n) is 5.05. The maximum atomic E-state index is 12.2. The molecule has 0 aliphatic carbocycles. The minimum Gasteiger partial charge on any atom is -0.345 e. The first kappa shape index (κ1) is 16.9. The van der Waals surface area contributed by atoms with Crippen LogP contribution < -0.4 is 11.1 Å². The number of carbonyl (C=O) groups is 1. The number of nitrogens with two attached hydrogens (primary N) is 1. The van der Waals surface area contributed by atoms with Gasteiger partial charge in [-0.15, -0.1) is 12.4 Å². The van der Waals surface area contributed by atoms with E-state index in [0.29, 0.717) is 18.0 Å². The number of carbonyl (C=O) groups excluding carboxylic acids is 1. The van der Waals surface area contributed by atoms with Gasteiger partial charge in [-0.05, 0) is 31.4 Å². The molecule has 1 aromatic carbocycles. The Hall–Kier alpha value is -1.06. The highest BCUT2D eigenvalue weighted by Crippen LogP contribution is 2.16. The molecule has 3 N–H and O–H groups in total. The Kier molecular flexibility index (Phi) is 6.36. The Morgan fingerprint density at radius 1 is 1.39 bits per heavy atom. The fraction of sp³-hybridized carbons (Fsp3) is 0.500. The highest BCUT2D eigenvalue weighted by atomic mass is 35.5. The third-order valence-electron chi connectivity index (χ3n) is 3.49. The summed E-state index contributed by atoms with van der Waals surface area (Å²) in [5.74, 6) is 0.241. The first-order valence-corrected chi connectivity index (χ1v) is 5.99. The van der Waals surface area contributed by atoms with Gasteiger partial charge in [0, 0.05) is 12.1 Å². The summed E-state index contributed by atoms with van der Waals surface area (Å²) in [7, 11) is 0. The van der Waals surface area contributed by atoms with Gasteiger partial charge in [0.1, 0.15) is 0 Å². The Balaban J connectivity index is 0.00000289. The highest BCUT2D eigenvalue weighted by molar-refractivity contribution is 5.96. The van der Waals surface area contributed by atoms with Crippen molar-refractivity contribution in [2.24, 2.45) is 11.7 Å². The second kappa shape index (κ2) is 6.76. The molecule has 0 spiro atoms. The molecule has 0 bridgehead atoms. The minimum absolute atomic E-state index is 0. The lowest BCUT2D eigenvalue weighted by Crippen LogP contribution is -2.55. The van der Waals surface area contributed by atoms with Gasteiger partial charge in [0.2, 0.25) is 0 Å². The molecule has 0 heterocycles. The molecular weight excluding hydrogens is 248 g/mol. The maximum Gasteiger partial charge on any atom is 0.252 e. The molecule has 0 radical (unpaired) electrons. The zero-order valence-electron chi connectivity index (χ0n) is 11.5. The summed E-state index contributed by atoms with van der Waals surface area (Å²) < 4.78 is 0. The molecule has 18 heavy (non-hydrogen) atoms. The van der Waals surface area contributed by atoms with Crippen LogP contribution in [0.25, 0.3) is 0 Å². The zero-order chi connectivity index (χ0) is 13.1. The van der Waals surface area contributed by atoms with Crippen LogP contribution in [0.4, 0.5) is 0 Å². The third-order valence-corrected chi connectivity index (χ3v) is 3.49. The molecule has 3 nitrogen and oxygen atoms in total. The Morgan fingerprint density at radius 3 is 2.39 bits per heavy atom. The molecule has 4 heteroatoms. The first-order chi connectivity index (χ1) is 7.90. The van der Waals surface area contributed by atoms with Gasteiger partial charge >= 0.3 is 0 Å². The molecule has 1 rings (SSSR count). The van der Waals surface area contributed by atoms with Crippen molar-refractivity contribution < 1.29 is 4.79 Å². The van der Waals surface area contributed by atoms with Crippen LogP contribution >= 0.6 is 12.4 Å². The summed E-state index contributed by atoms with van der Waals surface area (Å²) >= 11 is 0. The smallest absolute Gasteiger partial charge is 0.252 e. The van der Waals surface area contributed by atoms with E-state index in [1.54, 1.807) is 0 Å².